The maximum atomic E-state index is 12.3. The number of aryl methyl sites for hydroxylation is 1. The van der Waals surface area contributed by atoms with E-state index in [1.165, 1.54) is 5.56 Å². The number of carbonyl (C=O) groups is 1. The zero-order valence-electron chi connectivity index (χ0n) is 13.5. The van der Waals surface area contributed by atoms with Crippen molar-refractivity contribution in [2.45, 2.75) is 64.0 Å². The maximum absolute atomic E-state index is 12.3. The van der Waals surface area contributed by atoms with Gasteiger partial charge in [-0.1, -0.05) is 43.7 Å². The fraction of sp³-hybridized carbons (Fsp3) is 0.611. The minimum absolute atomic E-state index is 0. The van der Waals surface area contributed by atoms with Crippen LogP contribution in [0.25, 0.3) is 0 Å². The molecule has 3 nitrogen and oxygen atoms in total. The lowest BCUT2D eigenvalue weighted by Gasteiger charge is -2.20. The predicted octanol–water partition coefficient (Wildman–Crippen LogP) is 3.45. The summed E-state index contributed by atoms with van der Waals surface area (Å²) in [6, 6.07) is 11.0. The summed E-state index contributed by atoms with van der Waals surface area (Å²) in [5, 5.41) is 3.26. The lowest BCUT2D eigenvalue weighted by molar-refractivity contribution is -0.125. The fourth-order valence-corrected chi connectivity index (χ4v) is 3.20. The van der Waals surface area contributed by atoms with Crippen LogP contribution in [-0.4, -0.2) is 18.0 Å². The number of hydrogen-bond donors (Lipinski definition) is 2. The highest BCUT2D eigenvalue weighted by Gasteiger charge is 2.28. The van der Waals surface area contributed by atoms with Crippen molar-refractivity contribution in [3.8, 4) is 0 Å². The Kier molecular flexibility index (Phi) is 8.51. The van der Waals surface area contributed by atoms with Crippen LogP contribution in [0.1, 0.15) is 51.0 Å². The number of rotatable bonds is 7. The highest BCUT2D eigenvalue weighted by molar-refractivity contribution is 5.85. The Morgan fingerprint density at radius 1 is 1.27 bits per heavy atom. The van der Waals surface area contributed by atoms with Gasteiger partial charge in [0, 0.05) is 18.0 Å². The van der Waals surface area contributed by atoms with Crippen LogP contribution in [0, 0.1) is 5.92 Å². The van der Waals surface area contributed by atoms with E-state index >= 15 is 0 Å². The fourth-order valence-electron chi connectivity index (χ4n) is 3.20. The first-order valence-electron chi connectivity index (χ1n) is 8.29. The first-order valence-corrected chi connectivity index (χ1v) is 8.29. The molecule has 2 rings (SSSR count). The average Bonchev–Trinajstić information content (AvgIpc) is 2.93. The Hall–Kier alpha value is -1.06. The number of amides is 1. The molecule has 1 aliphatic rings. The molecule has 1 aromatic rings. The number of hydrogen-bond acceptors (Lipinski definition) is 2. The topological polar surface area (TPSA) is 55.1 Å². The minimum atomic E-state index is 0. The minimum Gasteiger partial charge on any atom is -0.353 e. The van der Waals surface area contributed by atoms with E-state index in [2.05, 4.69) is 36.5 Å². The molecule has 1 amide bonds. The molecule has 0 saturated heterocycles. The van der Waals surface area contributed by atoms with Gasteiger partial charge in [-0.25, -0.2) is 0 Å². The molecule has 0 aromatic heterocycles. The van der Waals surface area contributed by atoms with Crippen molar-refractivity contribution in [1.82, 2.24) is 5.32 Å². The third-order valence-electron chi connectivity index (χ3n) is 4.45. The molecular weight excluding hydrogens is 296 g/mol. The van der Waals surface area contributed by atoms with Gasteiger partial charge in [0.2, 0.25) is 5.91 Å². The van der Waals surface area contributed by atoms with Crippen LogP contribution in [0.5, 0.6) is 0 Å². The molecular formula is C18H29ClN2O. The van der Waals surface area contributed by atoms with Crippen molar-refractivity contribution >= 4 is 18.3 Å². The van der Waals surface area contributed by atoms with E-state index in [9.17, 15) is 4.79 Å². The summed E-state index contributed by atoms with van der Waals surface area (Å²) >= 11 is 0. The Bertz CT molecular complexity index is 438. The quantitative estimate of drug-likeness (QED) is 0.807. The predicted molar refractivity (Wildman–Crippen MR) is 94.2 cm³/mol. The van der Waals surface area contributed by atoms with Gasteiger partial charge in [0.1, 0.15) is 0 Å². The Balaban J connectivity index is 0.00000242. The molecule has 0 heterocycles. The second kappa shape index (κ2) is 9.86. The summed E-state index contributed by atoms with van der Waals surface area (Å²) in [7, 11) is 0. The zero-order chi connectivity index (χ0) is 15.1. The Morgan fingerprint density at radius 2 is 2.00 bits per heavy atom. The van der Waals surface area contributed by atoms with Crippen molar-refractivity contribution < 1.29 is 4.79 Å². The molecule has 0 bridgehead atoms. The lowest BCUT2D eigenvalue weighted by atomic mass is 10.00. The molecule has 0 aliphatic heterocycles. The number of carbonyl (C=O) groups excluding carboxylic acids is 1. The van der Waals surface area contributed by atoms with Gasteiger partial charge in [-0.3, -0.25) is 4.79 Å². The number of halogens is 1. The van der Waals surface area contributed by atoms with E-state index in [4.69, 9.17) is 5.73 Å². The van der Waals surface area contributed by atoms with Crippen LogP contribution in [0.2, 0.25) is 0 Å². The molecule has 22 heavy (non-hydrogen) atoms. The molecule has 0 spiro atoms. The summed E-state index contributed by atoms with van der Waals surface area (Å²) in [4.78, 5) is 12.3. The molecule has 3 N–H and O–H groups in total. The Labute approximate surface area is 140 Å². The standard InChI is InChI=1S/C18H28N2O.ClH/c1-2-6-17(12-9-14-7-4-3-5-8-14)20-18(21)15-10-11-16(19)13-15;/h3-5,7-8,15-17H,2,6,9-13,19H2,1H3,(H,20,21);1H. The second-order valence-corrected chi connectivity index (χ2v) is 6.29. The highest BCUT2D eigenvalue weighted by Crippen LogP contribution is 2.24. The van der Waals surface area contributed by atoms with Gasteiger partial charge in [0.15, 0.2) is 0 Å². The summed E-state index contributed by atoms with van der Waals surface area (Å²) in [6.45, 7) is 2.17. The molecule has 1 aliphatic carbocycles. The average molecular weight is 325 g/mol. The van der Waals surface area contributed by atoms with Crippen molar-refractivity contribution in [3.63, 3.8) is 0 Å². The first-order chi connectivity index (χ1) is 10.2. The number of benzene rings is 1. The monoisotopic (exact) mass is 324 g/mol. The van der Waals surface area contributed by atoms with E-state index < -0.39 is 0 Å². The van der Waals surface area contributed by atoms with Crippen molar-refractivity contribution in [2.24, 2.45) is 11.7 Å². The van der Waals surface area contributed by atoms with Crippen LogP contribution in [0.3, 0.4) is 0 Å². The first kappa shape index (κ1) is 19.0. The second-order valence-electron chi connectivity index (χ2n) is 6.29. The van der Waals surface area contributed by atoms with Gasteiger partial charge in [0.05, 0.1) is 0 Å². The van der Waals surface area contributed by atoms with E-state index in [0.717, 1.165) is 44.9 Å². The third kappa shape index (κ3) is 5.98. The molecule has 1 saturated carbocycles. The van der Waals surface area contributed by atoms with E-state index in [1.54, 1.807) is 0 Å². The van der Waals surface area contributed by atoms with Crippen LogP contribution in [0.4, 0.5) is 0 Å². The van der Waals surface area contributed by atoms with Crippen LogP contribution in [-0.2, 0) is 11.2 Å². The zero-order valence-corrected chi connectivity index (χ0v) is 14.3. The van der Waals surface area contributed by atoms with Crippen molar-refractivity contribution in [1.29, 1.82) is 0 Å². The molecule has 3 atom stereocenters. The van der Waals surface area contributed by atoms with E-state index in [-0.39, 0.29) is 30.3 Å². The highest BCUT2D eigenvalue weighted by atomic mass is 35.5. The normalized spacial score (nSPS) is 21.9. The van der Waals surface area contributed by atoms with Gasteiger partial charge in [-0.15, -0.1) is 12.4 Å². The van der Waals surface area contributed by atoms with Crippen LogP contribution >= 0.6 is 12.4 Å². The van der Waals surface area contributed by atoms with E-state index in [1.807, 2.05) is 6.07 Å². The Morgan fingerprint density at radius 3 is 2.59 bits per heavy atom. The maximum Gasteiger partial charge on any atom is 0.223 e. The summed E-state index contributed by atoms with van der Waals surface area (Å²) in [5.41, 5.74) is 7.25. The number of nitrogens with two attached hydrogens (primary N) is 1. The molecule has 124 valence electrons. The third-order valence-corrected chi connectivity index (χ3v) is 4.45. The summed E-state index contributed by atoms with van der Waals surface area (Å²) in [5.74, 6) is 0.352. The summed E-state index contributed by atoms with van der Waals surface area (Å²) < 4.78 is 0. The van der Waals surface area contributed by atoms with Crippen molar-refractivity contribution in [3.05, 3.63) is 35.9 Å². The van der Waals surface area contributed by atoms with Crippen LogP contribution in [0.15, 0.2) is 30.3 Å². The number of nitrogens with one attached hydrogen (secondary N) is 1. The smallest absolute Gasteiger partial charge is 0.223 e. The lowest BCUT2D eigenvalue weighted by Crippen LogP contribution is -2.39. The molecule has 0 radical (unpaired) electrons. The van der Waals surface area contributed by atoms with Gasteiger partial charge in [-0.2, -0.15) is 0 Å². The molecule has 4 heteroatoms. The van der Waals surface area contributed by atoms with Gasteiger partial charge in [0.25, 0.3) is 0 Å². The summed E-state index contributed by atoms with van der Waals surface area (Å²) in [6.07, 6.45) is 6.98. The van der Waals surface area contributed by atoms with Crippen LogP contribution < -0.4 is 11.1 Å². The van der Waals surface area contributed by atoms with Gasteiger partial charge < -0.3 is 11.1 Å². The van der Waals surface area contributed by atoms with E-state index in [0.29, 0.717) is 6.04 Å². The molecule has 1 fully saturated rings. The van der Waals surface area contributed by atoms with Gasteiger partial charge >= 0.3 is 0 Å². The van der Waals surface area contributed by atoms with Gasteiger partial charge in [-0.05, 0) is 44.1 Å². The molecule has 3 unspecified atom stereocenters. The molecule has 1 aromatic carbocycles. The SMILES string of the molecule is CCCC(CCc1ccccc1)NC(=O)C1CCC(N)C1.Cl. The largest absolute Gasteiger partial charge is 0.353 e. The van der Waals surface area contributed by atoms with Crippen molar-refractivity contribution in [2.75, 3.05) is 0 Å².